The number of alkyl halides is 3. The Morgan fingerprint density at radius 2 is 1.74 bits per heavy atom. The van der Waals surface area contributed by atoms with Crippen LogP contribution in [0.4, 0.5) is 17.6 Å². The molecule has 3 atom stereocenters. The minimum absolute atomic E-state index is 0. The Hall–Kier alpha value is -3.18. The number of aryl methyl sites for hydroxylation is 2. The predicted octanol–water partition coefficient (Wildman–Crippen LogP) is 5.94. The van der Waals surface area contributed by atoms with E-state index in [-0.39, 0.29) is 42.8 Å². The van der Waals surface area contributed by atoms with Gasteiger partial charge in [0.05, 0.1) is 30.7 Å². The van der Waals surface area contributed by atoms with E-state index in [9.17, 15) is 27.6 Å². The van der Waals surface area contributed by atoms with Crippen LogP contribution in [0.25, 0.3) is 11.1 Å². The molecule has 0 saturated carbocycles. The van der Waals surface area contributed by atoms with Gasteiger partial charge in [0.2, 0.25) is 11.8 Å². The first-order valence-corrected chi connectivity index (χ1v) is 14.2. The number of amides is 2. The molecule has 238 valence electrons. The minimum Gasteiger partial charge on any atom is -0.466 e. The van der Waals surface area contributed by atoms with Gasteiger partial charge in [0, 0.05) is 5.56 Å². The van der Waals surface area contributed by atoms with Gasteiger partial charge in [-0.1, -0.05) is 32.0 Å². The standard InChI is InChI=1S/C31H39F4N3O4.ClH/c1-6-42-26(39)16-24(37-30(41)25(13-17(2)3)38-29(40)23-11-8-12-36-23)21-14-20(15-22(28(21)32)31(33,34)35)27-18(4)9-7-10-19(27)5;/h7,9-10,14-15,17,23-25,36H,6,8,11-13,16H2,1-5H3,(H,37,41)(H,38,40);1H/t23-,24+,25+;/m1./s1. The van der Waals surface area contributed by atoms with E-state index < -0.39 is 59.5 Å². The number of carbonyl (C=O) groups is 3. The van der Waals surface area contributed by atoms with Crippen LogP contribution in [-0.4, -0.2) is 43.0 Å². The van der Waals surface area contributed by atoms with Crippen LogP contribution < -0.4 is 16.0 Å². The topological polar surface area (TPSA) is 96.5 Å². The molecule has 3 rings (SSSR count). The number of esters is 1. The maximum absolute atomic E-state index is 15.7. The fourth-order valence-electron chi connectivity index (χ4n) is 5.30. The molecule has 0 spiro atoms. The van der Waals surface area contributed by atoms with E-state index in [1.54, 1.807) is 39.0 Å². The van der Waals surface area contributed by atoms with Crippen molar-refractivity contribution < 1.29 is 36.7 Å². The monoisotopic (exact) mass is 629 g/mol. The quantitative estimate of drug-likeness (QED) is 0.211. The molecule has 2 amide bonds. The van der Waals surface area contributed by atoms with Gasteiger partial charge in [0.1, 0.15) is 11.9 Å². The number of halogens is 5. The number of rotatable bonds is 11. The maximum atomic E-state index is 15.7. The van der Waals surface area contributed by atoms with Crippen molar-refractivity contribution in [1.29, 1.82) is 0 Å². The Morgan fingerprint density at radius 3 is 2.28 bits per heavy atom. The van der Waals surface area contributed by atoms with E-state index in [2.05, 4.69) is 16.0 Å². The normalized spacial score (nSPS) is 16.3. The summed E-state index contributed by atoms with van der Waals surface area (Å²) < 4.78 is 63.1. The van der Waals surface area contributed by atoms with Crippen molar-refractivity contribution in [2.75, 3.05) is 13.2 Å². The molecule has 7 nitrogen and oxygen atoms in total. The summed E-state index contributed by atoms with van der Waals surface area (Å²) in [5, 5.41) is 8.35. The summed E-state index contributed by atoms with van der Waals surface area (Å²) in [5.74, 6) is -3.57. The van der Waals surface area contributed by atoms with E-state index in [4.69, 9.17) is 4.74 Å². The molecule has 0 unspecified atom stereocenters. The van der Waals surface area contributed by atoms with Gasteiger partial charge in [0.15, 0.2) is 0 Å². The Kier molecular flexibility index (Phi) is 13.0. The molecule has 3 N–H and O–H groups in total. The van der Waals surface area contributed by atoms with Crippen molar-refractivity contribution in [1.82, 2.24) is 16.0 Å². The molecule has 2 aromatic rings. The first kappa shape index (κ1) is 36.0. The van der Waals surface area contributed by atoms with Crippen molar-refractivity contribution in [2.45, 2.75) is 84.6 Å². The van der Waals surface area contributed by atoms with Crippen molar-refractivity contribution in [3.8, 4) is 11.1 Å². The van der Waals surface area contributed by atoms with E-state index in [0.717, 1.165) is 12.5 Å². The van der Waals surface area contributed by atoms with Gasteiger partial charge < -0.3 is 20.7 Å². The Labute approximate surface area is 255 Å². The lowest BCUT2D eigenvalue weighted by Crippen LogP contribution is -2.52. The zero-order valence-electron chi connectivity index (χ0n) is 25.0. The zero-order valence-corrected chi connectivity index (χ0v) is 25.8. The van der Waals surface area contributed by atoms with Crippen LogP contribution in [-0.2, 0) is 25.3 Å². The highest BCUT2D eigenvalue weighted by atomic mass is 35.5. The SMILES string of the molecule is CCOC(=O)C[C@H](NC(=O)[C@H](CC(C)C)NC(=O)[C@H]1CCCN1)c1cc(-c2c(C)cccc2C)cc(C(F)(F)F)c1F.Cl. The third-order valence-corrected chi connectivity index (χ3v) is 7.26. The molecule has 43 heavy (non-hydrogen) atoms. The number of carbonyl (C=O) groups excluding carboxylic acids is 3. The van der Waals surface area contributed by atoms with E-state index in [1.807, 2.05) is 13.8 Å². The molecule has 0 aromatic heterocycles. The Bertz CT molecular complexity index is 1280. The molecule has 1 aliphatic rings. The highest BCUT2D eigenvalue weighted by molar-refractivity contribution is 5.90. The second-order valence-corrected chi connectivity index (χ2v) is 11.1. The lowest BCUT2D eigenvalue weighted by atomic mass is 9.90. The van der Waals surface area contributed by atoms with Gasteiger partial charge in [-0.2, -0.15) is 13.2 Å². The first-order chi connectivity index (χ1) is 19.7. The fraction of sp³-hybridized carbons (Fsp3) is 0.516. The summed E-state index contributed by atoms with van der Waals surface area (Å²) in [6.45, 7) is 9.36. The van der Waals surface area contributed by atoms with Crippen molar-refractivity contribution >= 4 is 30.2 Å². The summed E-state index contributed by atoms with van der Waals surface area (Å²) >= 11 is 0. The molecule has 2 aromatic carbocycles. The van der Waals surface area contributed by atoms with Crippen LogP contribution in [0.2, 0.25) is 0 Å². The van der Waals surface area contributed by atoms with Crippen LogP contribution in [0.3, 0.4) is 0 Å². The fourth-order valence-corrected chi connectivity index (χ4v) is 5.30. The minimum atomic E-state index is -5.05. The highest BCUT2D eigenvalue weighted by Gasteiger charge is 2.38. The van der Waals surface area contributed by atoms with Gasteiger partial charge >= 0.3 is 12.1 Å². The Balaban J connectivity index is 0.00000645. The van der Waals surface area contributed by atoms with Gasteiger partial charge in [-0.05, 0) is 86.9 Å². The summed E-state index contributed by atoms with van der Waals surface area (Å²) in [5.41, 5.74) is -0.0916. The van der Waals surface area contributed by atoms with Gasteiger partial charge in [0.25, 0.3) is 0 Å². The number of nitrogens with one attached hydrogen (secondary N) is 3. The summed E-state index contributed by atoms with van der Waals surface area (Å²) in [7, 11) is 0. The number of benzene rings is 2. The van der Waals surface area contributed by atoms with Gasteiger partial charge in [-0.15, -0.1) is 12.4 Å². The number of hydrogen-bond donors (Lipinski definition) is 3. The smallest absolute Gasteiger partial charge is 0.419 e. The van der Waals surface area contributed by atoms with Crippen LogP contribution >= 0.6 is 12.4 Å². The van der Waals surface area contributed by atoms with Crippen molar-refractivity contribution in [3.05, 3.63) is 58.4 Å². The summed E-state index contributed by atoms with van der Waals surface area (Å²) in [6.07, 6.45) is -4.04. The van der Waals surface area contributed by atoms with Gasteiger partial charge in [-0.25, -0.2) is 4.39 Å². The van der Waals surface area contributed by atoms with E-state index >= 15 is 4.39 Å². The summed E-state index contributed by atoms with van der Waals surface area (Å²) in [6, 6.07) is 4.18. The van der Waals surface area contributed by atoms with Crippen molar-refractivity contribution in [3.63, 3.8) is 0 Å². The Morgan fingerprint density at radius 1 is 1.09 bits per heavy atom. The molecule has 1 heterocycles. The van der Waals surface area contributed by atoms with Crippen LogP contribution in [0.15, 0.2) is 30.3 Å². The second kappa shape index (κ2) is 15.5. The largest absolute Gasteiger partial charge is 0.466 e. The molecule has 0 radical (unpaired) electrons. The highest BCUT2D eigenvalue weighted by Crippen LogP contribution is 2.39. The molecular formula is C31H40ClF4N3O4. The van der Waals surface area contributed by atoms with Crippen LogP contribution in [0.1, 0.15) is 74.8 Å². The number of hydrogen-bond acceptors (Lipinski definition) is 5. The molecule has 1 saturated heterocycles. The van der Waals surface area contributed by atoms with Crippen LogP contribution in [0, 0.1) is 25.6 Å². The molecule has 0 bridgehead atoms. The predicted molar refractivity (Wildman–Crippen MR) is 158 cm³/mol. The van der Waals surface area contributed by atoms with E-state index in [0.29, 0.717) is 29.7 Å². The second-order valence-electron chi connectivity index (χ2n) is 11.1. The summed E-state index contributed by atoms with van der Waals surface area (Å²) in [4.78, 5) is 39.0. The van der Waals surface area contributed by atoms with Gasteiger partial charge in [-0.3, -0.25) is 14.4 Å². The third-order valence-electron chi connectivity index (χ3n) is 7.26. The molecular weight excluding hydrogens is 590 g/mol. The molecule has 12 heteroatoms. The zero-order chi connectivity index (χ0) is 31.2. The molecule has 1 fully saturated rings. The average molecular weight is 630 g/mol. The van der Waals surface area contributed by atoms with Crippen molar-refractivity contribution in [2.24, 2.45) is 5.92 Å². The van der Waals surface area contributed by atoms with E-state index in [1.165, 1.54) is 6.07 Å². The third kappa shape index (κ3) is 9.40. The lowest BCUT2D eigenvalue weighted by molar-refractivity contribution is -0.144. The number of ether oxygens (including phenoxy) is 1. The lowest BCUT2D eigenvalue weighted by Gasteiger charge is -2.27. The first-order valence-electron chi connectivity index (χ1n) is 14.2. The average Bonchev–Trinajstić information content (AvgIpc) is 3.43. The molecule has 0 aliphatic carbocycles. The molecule has 1 aliphatic heterocycles. The maximum Gasteiger partial charge on any atom is 0.419 e. The van der Waals surface area contributed by atoms with Crippen LogP contribution in [0.5, 0.6) is 0 Å².